The quantitative estimate of drug-likeness (QED) is 0.235. The molecule has 2 amide bonds. The number of carboxylic acid groups (broad SMARTS) is 1. The summed E-state index contributed by atoms with van der Waals surface area (Å²) in [5, 5.41) is 12.2. The fourth-order valence-corrected chi connectivity index (χ4v) is 8.31. The molecule has 0 bridgehead atoms. The lowest BCUT2D eigenvalue weighted by atomic mass is 9.72. The first kappa shape index (κ1) is 34.1. The molecule has 10 heteroatoms. The molecule has 7 rings (SSSR count). The minimum absolute atomic E-state index is 0.138. The fraction of sp³-hybridized carbons (Fsp3) is 0.550. The zero-order chi connectivity index (χ0) is 34.6. The highest BCUT2D eigenvalue weighted by atomic mass is 16.4. The number of likely N-dealkylation sites (tertiary alicyclic amines) is 1. The number of nitrogens with one attached hydrogen (secondary N) is 1. The van der Waals surface area contributed by atoms with Crippen molar-refractivity contribution in [2.24, 2.45) is 23.7 Å². The van der Waals surface area contributed by atoms with E-state index in [2.05, 4.69) is 22.1 Å². The topological polar surface area (TPSA) is 129 Å². The Morgan fingerprint density at radius 2 is 1.52 bits per heavy atom. The molecule has 3 aromatic rings. The van der Waals surface area contributed by atoms with Crippen molar-refractivity contribution < 1.29 is 19.5 Å². The first-order valence-electron chi connectivity index (χ1n) is 18.8. The SMILES string of the molecule is CCC[C@H]1CC[C@H](C2CCN(c3cnc(-c4ccc(C[C@H](NC(=O)c5ccc(C6CC6)cn5)C(=O)N5CC(C(=O)O)C5)cc4)nc3)CC2)CC1. The number of carbonyl (C=O) groups is 3. The highest BCUT2D eigenvalue weighted by Crippen LogP contribution is 2.40. The minimum Gasteiger partial charge on any atom is -0.481 e. The summed E-state index contributed by atoms with van der Waals surface area (Å²) in [6.07, 6.45) is 19.0. The predicted molar refractivity (Wildman–Crippen MR) is 192 cm³/mol. The van der Waals surface area contributed by atoms with E-state index in [1.54, 1.807) is 12.3 Å². The molecule has 2 N–H and O–H groups in total. The van der Waals surface area contributed by atoms with Gasteiger partial charge in [0.05, 0.1) is 24.0 Å². The van der Waals surface area contributed by atoms with Crippen LogP contribution in [0.4, 0.5) is 5.69 Å². The van der Waals surface area contributed by atoms with Crippen LogP contribution in [0.5, 0.6) is 0 Å². The Kier molecular flexibility index (Phi) is 10.4. The normalized spacial score (nSPS) is 22.1. The van der Waals surface area contributed by atoms with Crippen LogP contribution in [0.3, 0.4) is 0 Å². The molecule has 264 valence electrons. The van der Waals surface area contributed by atoms with Crippen molar-refractivity contribution >= 4 is 23.5 Å². The van der Waals surface area contributed by atoms with E-state index < -0.39 is 23.8 Å². The molecule has 0 spiro atoms. The van der Waals surface area contributed by atoms with E-state index in [0.717, 1.165) is 66.1 Å². The number of nitrogens with zero attached hydrogens (tertiary/aromatic N) is 5. The molecule has 4 fully saturated rings. The first-order valence-corrected chi connectivity index (χ1v) is 18.8. The second-order valence-electron chi connectivity index (χ2n) is 15.1. The van der Waals surface area contributed by atoms with Gasteiger partial charge >= 0.3 is 5.97 Å². The molecule has 0 unspecified atom stereocenters. The first-order chi connectivity index (χ1) is 24.3. The molecule has 2 saturated carbocycles. The van der Waals surface area contributed by atoms with Gasteiger partial charge in [-0.05, 0) is 79.4 Å². The summed E-state index contributed by atoms with van der Waals surface area (Å²) in [7, 11) is 0. The lowest BCUT2D eigenvalue weighted by Crippen LogP contribution is -2.59. The number of benzene rings is 1. The average molecular weight is 679 g/mol. The Morgan fingerprint density at radius 3 is 2.12 bits per heavy atom. The molecule has 2 aliphatic heterocycles. The largest absolute Gasteiger partial charge is 0.481 e. The monoisotopic (exact) mass is 678 g/mol. The number of hydrogen-bond acceptors (Lipinski definition) is 7. The van der Waals surface area contributed by atoms with Crippen molar-refractivity contribution in [3.8, 4) is 11.4 Å². The second-order valence-corrected chi connectivity index (χ2v) is 15.1. The van der Waals surface area contributed by atoms with Crippen molar-refractivity contribution in [3.05, 3.63) is 71.8 Å². The molecular weight excluding hydrogens is 628 g/mol. The number of rotatable bonds is 12. The zero-order valence-electron chi connectivity index (χ0n) is 29.2. The van der Waals surface area contributed by atoms with Crippen molar-refractivity contribution in [2.75, 3.05) is 31.1 Å². The van der Waals surface area contributed by atoms with Crippen LogP contribution in [-0.2, 0) is 16.0 Å². The Balaban J connectivity index is 0.952. The van der Waals surface area contributed by atoms with Gasteiger partial charge in [0.1, 0.15) is 11.7 Å². The van der Waals surface area contributed by atoms with Crippen LogP contribution < -0.4 is 10.2 Å². The molecule has 2 aromatic heterocycles. The molecule has 2 aliphatic carbocycles. The van der Waals surface area contributed by atoms with Crippen molar-refractivity contribution in [3.63, 3.8) is 0 Å². The van der Waals surface area contributed by atoms with E-state index >= 15 is 0 Å². The highest BCUT2D eigenvalue weighted by molar-refractivity contribution is 5.96. The Bertz CT molecular complexity index is 1620. The van der Waals surface area contributed by atoms with Crippen LogP contribution >= 0.6 is 0 Å². The van der Waals surface area contributed by atoms with Gasteiger partial charge in [0, 0.05) is 44.4 Å². The van der Waals surface area contributed by atoms with Gasteiger partial charge in [-0.1, -0.05) is 62.9 Å². The number of amides is 2. The lowest BCUT2D eigenvalue weighted by molar-refractivity contribution is -0.153. The summed E-state index contributed by atoms with van der Waals surface area (Å²) in [5.74, 6) is 1.66. The van der Waals surface area contributed by atoms with Crippen molar-refractivity contribution in [1.29, 1.82) is 0 Å². The minimum atomic E-state index is -0.917. The van der Waals surface area contributed by atoms with Gasteiger partial charge in [0.2, 0.25) is 5.91 Å². The number of aromatic nitrogens is 3. The number of hydrogen-bond donors (Lipinski definition) is 2. The number of piperidine rings is 1. The number of anilines is 1. The molecule has 2 saturated heterocycles. The standard InChI is InChI=1S/C40H50N6O4/c1-2-3-26-4-8-28(9-5-26)30-16-18-45(19-17-30)34-22-42-37(43-23-34)31-10-6-27(7-11-31)20-36(39(48)46-24-33(25-46)40(49)50)44-38(47)35-15-14-32(21-41-35)29-12-13-29/h6-7,10-11,14-15,21-23,26,28-30,33,36H,2-5,8-9,12-13,16-20,24-25H2,1H3,(H,44,47)(H,49,50)/t26-,28-,36-/m0/s1. The van der Waals surface area contributed by atoms with E-state index in [9.17, 15) is 19.5 Å². The average Bonchev–Trinajstić information content (AvgIpc) is 3.98. The van der Waals surface area contributed by atoms with Crippen molar-refractivity contribution in [2.45, 2.75) is 89.5 Å². The molecule has 0 radical (unpaired) electrons. The third kappa shape index (κ3) is 8.00. The van der Waals surface area contributed by atoms with E-state index in [1.165, 1.54) is 56.3 Å². The summed E-state index contributed by atoms with van der Waals surface area (Å²) < 4.78 is 0. The van der Waals surface area contributed by atoms with E-state index in [0.29, 0.717) is 11.7 Å². The molecule has 1 aromatic carbocycles. The molecule has 50 heavy (non-hydrogen) atoms. The molecule has 4 aliphatic rings. The van der Waals surface area contributed by atoms with Crippen LogP contribution in [0.15, 0.2) is 55.0 Å². The maximum absolute atomic E-state index is 13.5. The number of carbonyl (C=O) groups excluding carboxylic acids is 2. The fourth-order valence-electron chi connectivity index (χ4n) is 8.31. The van der Waals surface area contributed by atoms with Gasteiger partial charge in [-0.25, -0.2) is 9.97 Å². The summed E-state index contributed by atoms with van der Waals surface area (Å²) in [5.41, 5.74) is 4.18. The maximum Gasteiger partial charge on any atom is 0.310 e. The van der Waals surface area contributed by atoms with Gasteiger partial charge in [-0.3, -0.25) is 19.4 Å². The zero-order valence-corrected chi connectivity index (χ0v) is 29.2. The maximum atomic E-state index is 13.5. The Morgan fingerprint density at radius 1 is 0.840 bits per heavy atom. The number of pyridine rings is 1. The van der Waals surface area contributed by atoms with Crippen LogP contribution in [0.2, 0.25) is 0 Å². The van der Waals surface area contributed by atoms with Crippen molar-refractivity contribution in [1.82, 2.24) is 25.2 Å². The van der Waals surface area contributed by atoms with Crippen LogP contribution in [0.1, 0.15) is 98.7 Å². The third-order valence-electron chi connectivity index (χ3n) is 11.7. The van der Waals surface area contributed by atoms with E-state index in [-0.39, 0.29) is 31.1 Å². The summed E-state index contributed by atoms with van der Waals surface area (Å²) in [6.45, 7) is 4.70. The van der Waals surface area contributed by atoms with Gasteiger partial charge in [-0.2, -0.15) is 0 Å². The summed E-state index contributed by atoms with van der Waals surface area (Å²) in [4.78, 5) is 55.7. The van der Waals surface area contributed by atoms with E-state index in [4.69, 9.17) is 9.97 Å². The number of carboxylic acids is 1. The molecule has 1 atom stereocenters. The highest BCUT2D eigenvalue weighted by Gasteiger charge is 2.39. The Labute approximate surface area is 295 Å². The smallest absolute Gasteiger partial charge is 0.310 e. The Hall–Kier alpha value is -4.34. The van der Waals surface area contributed by atoms with Gasteiger partial charge < -0.3 is 20.2 Å². The molecular formula is C40H50N6O4. The molecule has 10 nitrogen and oxygen atoms in total. The summed E-state index contributed by atoms with van der Waals surface area (Å²) in [6, 6.07) is 10.5. The van der Waals surface area contributed by atoms with Gasteiger partial charge in [-0.15, -0.1) is 0 Å². The van der Waals surface area contributed by atoms with Gasteiger partial charge in [0.15, 0.2) is 5.82 Å². The van der Waals surface area contributed by atoms with Crippen LogP contribution in [0.25, 0.3) is 11.4 Å². The van der Waals surface area contributed by atoms with E-state index in [1.807, 2.05) is 42.7 Å². The van der Waals surface area contributed by atoms with Gasteiger partial charge in [0.25, 0.3) is 5.91 Å². The second kappa shape index (κ2) is 15.3. The predicted octanol–water partition coefficient (Wildman–Crippen LogP) is 6.12. The third-order valence-corrected chi connectivity index (χ3v) is 11.7. The van der Waals surface area contributed by atoms with Crippen LogP contribution in [-0.4, -0.2) is 75.0 Å². The number of aliphatic carboxylic acids is 1. The lowest BCUT2D eigenvalue weighted by Gasteiger charge is -2.39. The van der Waals surface area contributed by atoms with Crippen LogP contribution in [0, 0.1) is 23.7 Å². The summed E-state index contributed by atoms with van der Waals surface area (Å²) >= 11 is 0. The molecule has 4 heterocycles.